The van der Waals surface area contributed by atoms with Gasteiger partial charge < -0.3 is 9.84 Å². The standard InChI is InChI=1S/C20H24F3NO3/c1-13-7-15-9-18(27-6-2-5-20(21,22)23)4-3-14(15)8-16(13)10-24-11-17(12-24)19(25)26/h3-4,8-9,13,17H,2,5-7,10-12H2,1H3,(H,25,26). The van der Waals surface area contributed by atoms with Crippen LogP contribution in [0.4, 0.5) is 13.2 Å². The van der Waals surface area contributed by atoms with Gasteiger partial charge in [0.1, 0.15) is 5.75 Å². The SMILES string of the molecule is CC1Cc2cc(OCCCC(F)(F)F)ccc2C=C1CN1CC(C(=O)O)C1. The van der Waals surface area contributed by atoms with Crippen LogP contribution in [-0.4, -0.2) is 48.4 Å². The molecule has 0 radical (unpaired) electrons. The molecule has 1 heterocycles. The highest BCUT2D eigenvalue weighted by molar-refractivity contribution is 5.71. The predicted molar refractivity (Wildman–Crippen MR) is 95.6 cm³/mol. The van der Waals surface area contributed by atoms with Gasteiger partial charge in [-0.3, -0.25) is 9.69 Å². The molecule has 0 saturated carbocycles. The zero-order valence-corrected chi connectivity index (χ0v) is 15.3. The molecule has 4 nitrogen and oxygen atoms in total. The van der Waals surface area contributed by atoms with E-state index in [2.05, 4.69) is 17.9 Å². The number of rotatable bonds is 7. The average Bonchev–Trinajstić information content (AvgIpc) is 2.53. The Bertz CT molecular complexity index is 724. The number of benzene rings is 1. The minimum Gasteiger partial charge on any atom is -0.494 e. The normalized spacial score (nSPS) is 20.6. The van der Waals surface area contributed by atoms with E-state index in [0.29, 0.717) is 24.8 Å². The van der Waals surface area contributed by atoms with Crippen molar-refractivity contribution in [3.8, 4) is 5.75 Å². The van der Waals surface area contributed by atoms with E-state index < -0.39 is 18.6 Å². The van der Waals surface area contributed by atoms with Crippen LogP contribution in [0, 0.1) is 11.8 Å². The molecule has 1 aromatic rings. The second kappa shape index (κ2) is 7.92. The second-order valence-corrected chi connectivity index (χ2v) is 7.48. The molecule has 1 saturated heterocycles. The Hall–Kier alpha value is -2.02. The van der Waals surface area contributed by atoms with Crippen molar-refractivity contribution in [3.63, 3.8) is 0 Å². The van der Waals surface area contributed by atoms with E-state index in [1.165, 1.54) is 5.57 Å². The third-order valence-electron chi connectivity index (χ3n) is 5.20. The molecule has 2 aliphatic rings. The number of halogens is 3. The van der Waals surface area contributed by atoms with Gasteiger partial charge in [-0.1, -0.05) is 24.6 Å². The molecule has 1 N–H and O–H groups in total. The third kappa shape index (κ3) is 5.25. The van der Waals surface area contributed by atoms with Crippen LogP contribution < -0.4 is 4.74 Å². The van der Waals surface area contributed by atoms with Crippen molar-refractivity contribution in [2.75, 3.05) is 26.2 Å². The molecule has 1 atom stereocenters. The minimum absolute atomic E-state index is 0.0474. The Morgan fingerprint density at radius 3 is 2.74 bits per heavy atom. The van der Waals surface area contributed by atoms with Crippen molar-refractivity contribution in [1.29, 1.82) is 0 Å². The summed E-state index contributed by atoms with van der Waals surface area (Å²) in [6, 6.07) is 5.65. The molecular weight excluding hydrogens is 359 g/mol. The van der Waals surface area contributed by atoms with E-state index in [9.17, 15) is 18.0 Å². The number of aliphatic carboxylic acids is 1. The summed E-state index contributed by atoms with van der Waals surface area (Å²) in [5.41, 5.74) is 3.51. The summed E-state index contributed by atoms with van der Waals surface area (Å²) >= 11 is 0. The summed E-state index contributed by atoms with van der Waals surface area (Å²) in [7, 11) is 0. The van der Waals surface area contributed by atoms with Crippen LogP contribution in [0.2, 0.25) is 0 Å². The third-order valence-corrected chi connectivity index (χ3v) is 5.20. The lowest BCUT2D eigenvalue weighted by atomic mass is 9.83. The van der Waals surface area contributed by atoms with Crippen molar-refractivity contribution < 1.29 is 27.8 Å². The number of hydrogen-bond donors (Lipinski definition) is 1. The van der Waals surface area contributed by atoms with Crippen LogP contribution in [-0.2, 0) is 11.2 Å². The van der Waals surface area contributed by atoms with Crippen LogP contribution in [0.3, 0.4) is 0 Å². The Morgan fingerprint density at radius 2 is 2.07 bits per heavy atom. The first-order valence-electron chi connectivity index (χ1n) is 9.19. The molecular formula is C20H24F3NO3. The zero-order chi connectivity index (χ0) is 19.6. The number of carbonyl (C=O) groups is 1. The van der Waals surface area contributed by atoms with Gasteiger partial charge in [0.05, 0.1) is 12.5 Å². The number of hydrogen-bond acceptors (Lipinski definition) is 3. The first kappa shape index (κ1) is 19.7. The molecule has 1 aromatic carbocycles. The first-order chi connectivity index (χ1) is 12.7. The lowest BCUT2D eigenvalue weighted by molar-refractivity contribution is -0.147. The van der Waals surface area contributed by atoms with Gasteiger partial charge in [-0.25, -0.2) is 0 Å². The summed E-state index contributed by atoms with van der Waals surface area (Å²) in [6.45, 7) is 4.16. The van der Waals surface area contributed by atoms with E-state index in [0.717, 1.165) is 24.1 Å². The molecule has 0 bridgehead atoms. The summed E-state index contributed by atoms with van der Waals surface area (Å²) in [4.78, 5) is 13.1. The van der Waals surface area contributed by atoms with Gasteiger partial charge in [0.25, 0.3) is 0 Å². The highest BCUT2D eigenvalue weighted by atomic mass is 19.4. The van der Waals surface area contributed by atoms with E-state index in [1.807, 2.05) is 12.1 Å². The Labute approximate surface area is 156 Å². The van der Waals surface area contributed by atoms with Gasteiger partial charge >= 0.3 is 12.1 Å². The summed E-state index contributed by atoms with van der Waals surface area (Å²) in [6.07, 6.45) is -2.03. The van der Waals surface area contributed by atoms with Gasteiger partial charge in [0.15, 0.2) is 0 Å². The Kier molecular flexibility index (Phi) is 5.79. The number of carboxylic acids is 1. The first-order valence-corrected chi connectivity index (χ1v) is 9.19. The largest absolute Gasteiger partial charge is 0.494 e. The number of ether oxygens (including phenoxy) is 1. The minimum atomic E-state index is -4.14. The van der Waals surface area contributed by atoms with Gasteiger partial charge in [0, 0.05) is 26.1 Å². The fraction of sp³-hybridized carbons (Fsp3) is 0.550. The summed E-state index contributed by atoms with van der Waals surface area (Å²) < 4.78 is 42.0. The van der Waals surface area contributed by atoms with E-state index in [-0.39, 0.29) is 18.9 Å². The van der Waals surface area contributed by atoms with E-state index in [1.54, 1.807) is 6.07 Å². The molecule has 27 heavy (non-hydrogen) atoms. The number of alkyl halides is 3. The fourth-order valence-electron chi connectivity index (χ4n) is 3.57. The Morgan fingerprint density at radius 1 is 1.33 bits per heavy atom. The molecule has 1 fully saturated rings. The smallest absolute Gasteiger partial charge is 0.389 e. The monoisotopic (exact) mass is 383 g/mol. The maximum Gasteiger partial charge on any atom is 0.389 e. The average molecular weight is 383 g/mol. The number of fused-ring (bicyclic) bond motifs is 1. The van der Waals surface area contributed by atoms with Crippen molar-refractivity contribution in [3.05, 3.63) is 34.9 Å². The van der Waals surface area contributed by atoms with E-state index in [4.69, 9.17) is 9.84 Å². The molecule has 3 rings (SSSR count). The van der Waals surface area contributed by atoms with E-state index >= 15 is 0 Å². The molecule has 0 aromatic heterocycles. The maximum atomic E-state index is 12.2. The lowest BCUT2D eigenvalue weighted by Gasteiger charge is -2.38. The highest BCUT2D eigenvalue weighted by Crippen LogP contribution is 2.32. The zero-order valence-electron chi connectivity index (χ0n) is 15.3. The number of carboxylic acid groups (broad SMARTS) is 1. The maximum absolute atomic E-state index is 12.2. The lowest BCUT2D eigenvalue weighted by Crippen LogP contribution is -2.51. The predicted octanol–water partition coefficient (Wildman–Crippen LogP) is 4.00. The highest BCUT2D eigenvalue weighted by Gasteiger charge is 2.33. The molecule has 1 unspecified atom stereocenters. The van der Waals surface area contributed by atoms with Crippen molar-refractivity contribution in [2.24, 2.45) is 11.8 Å². The van der Waals surface area contributed by atoms with Crippen LogP contribution >= 0.6 is 0 Å². The van der Waals surface area contributed by atoms with Gasteiger partial charge in [-0.2, -0.15) is 13.2 Å². The number of nitrogens with zero attached hydrogens (tertiary/aromatic N) is 1. The molecule has 1 aliphatic carbocycles. The quantitative estimate of drug-likeness (QED) is 0.723. The topological polar surface area (TPSA) is 49.8 Å². The van der Waals surface area contributed by atoms with Crippen molar-refractivity contribution in [1.82, 2.24) is 4.90 Å². The van der Waals surface area contributed by atoms with Crippen molar-refractivity contribution in [2.45, 2.75) is 32.4 Å². The van der Waals surface area contributed by atoms with Crippen LogP contribution in [0.25, 0.3) is 6.08 Å². The molecule has 7 heteroatoms. The molecule has 0 spiro atoms. The summed E-state index contributed by atoms with van der Waals surface area (Å²) in [5, 5.41) is 8.97. The van der Waals surface area contributed by atoms with Gasteiger partial charge in [-0.15, -0.1) is 0 Å². The van der Waals surface area contributed by atoms with Gasteiger partial charge in [0.2, 0.25) is 0 Å². The fourth-order valence-corrected chi connectivity index (χ4v) is 3.57. The Balaban J connectivity index is 1.56. The van der Waals surface area contributed by atoms with Gasteiger partial charge in [-0.05, 0) is 42.0 Å². The molecule has 0 amide bonds. The van der Waals surface area contributed by atoms with Crippen LogP contribution in [0.5, 0.6) is 5.75 Å². The second-order valence-electron chi connectivity index (χ2n) is 7.48. The van der Waals surface area contributed by atoms with Crippen LogP contribution in [0.1, 0.15) is 30.9 Å². The molecule has 148 valence electrons. The number of likely N-dealkylation sites (tertiary alicyclic amines) is 1. The van der Waals surface area contributed by atoms with Crippen LogP contribution in [0.15, 0.2) is 23.8 Å². The summed E-state index contributed by atoms with van der Waals surface area (Å²) in [5.74, 6) is -0.0484. The van der Waals surface area contributed by atoms with Crippen molar-refractivity contribution >= 4 is 12.0 Å². The molecule has 1 aliphatic heterocycles.